The number of hydrogen-bond donors (Lipinski definition) is 2. The van der Waals surface area contributed by atoms with Gasteiger partial charge in [-0.1, -0.05) is 0 Å². The molecule has 0 saturated heterocycles. The molecule has 10 heteroatoms. The van der Waals surface area contributed by atoms with Gasteiger partial charge in [0.1, 0.15) is 11.6 Å². The minimum Gasteiger partial charge on any atom is -0.349 e. The van der Waals surface area contributed by atoms with Crippen LogP contribution in [0.5, 0.6) is 0 Å². The molecule has 1 aliphatic carbocycles. The average molecular weight is 396 g/mol. The van der Waals surface area contributed by atoms with Gasteiger partial charge in [0.25, 0.3) is 0 Å². The van der Waals surface area contributed by atoms with Gasteiger partial charge in [0.15, 0.2) is 16.2 Å². The number of nitriles is 1. The Kier molecular flexibility index (Phi) is 4.68. The van der Waals surface area contributed by atoms with Crippen molar-refractivity contribution in [3.63, 3.8) is 0 Å². The van der Waals surface area contributed by atoms with Crippen molar-refractivity contribution in [2.24, 2.45) is 0 Å². The van der Waals surface area contributed by atoms with E-state index < -0.39 is 0 Å². The summed E-state index contributed by atoms with van der Waals surface area (Å²) < 4.78 is 4.26. The number of carbonyl (C=O) groups excluding carboxylic acids is 1. The summed E-state index contributed by atoms with van der Waals surface area (Å²) in [4.78, 5) is 16.9. The lowest BCUT2D eigenvalue weighted by Gasteiger charge is -2.11. The molecule has 0 atom stereocenters. The molecule has 2 N–H and O–H groups in total. The summed E-state index contributed by atoms with van der Waals surface area (Å²) in [6.07, 6.45) is 4.59. The first-order valence-electron chi connectivity index (χ1n) is 9.16. The number of nitrogens with one attached hydrogen (secondary N) is 2. The Bertz CT molecular complexity index is 1160. The predicted molar refractivity (Wildman–Crippen MR) is 103 cm³/mol. The van der Waals surface area contributed by atoms with E-state index in [0.29, 0.717) is 41.4 Å². The molecule has 0 bridgehead atoms. The standard InChI is InChI=1S/C18H20N8OS/c1-10-14(11(2)26-17(22-10)12(7-19)8-21-26)5-6-16(27)20-9-15-23-24-18(28)25(15)13-3-4-13/h8,13H,3-6,9H2,1-2H3,(H,20,27)(H,24,28). The van der Waals surface area contributed by atoms with Crippen LogP contribution in [0, 0.1) is 29.9 Å². The van der Waals surface area contributed by atoms with Crippen LogP contribution < -0.4 is 5.32 Å². The highest BCUT2D eigenvalue weighted by molar-refractivity contribution is 7.71. The molecule has 3 heterocycles. The number of aryl methyl sites for hydroxylation is 2. The number of fused-ring (bicyclic) bond motifs is 1. The quantitative estimate of drug-likeness (QED) is 0.616. The van der Waals surface area contributed by atoms with Crippen molar-refractivity contribution in [1.82, 2.24) is 34.7 Å². The van der Waals surface area contributed by atoms with Crippen LogP contribution >= 0.6 is 12.2 Å². The van der Waals surface area contributed by atoms with E-state index in [1.54, 1.807) is 4.52 Å². The summed E-state index contributed by atoms with van der Waals surface area (Å²) >= 11 is 5.26. The lowest BCUT2D eigenvalue weighted by Crippen LogP contribution is -2.25. The molecule has 0 aromatic carbocycles. The van der Waals surface area contributed by atoms with Crippen LogP contribution in [0.4, 0.5) is 0 Å². The van der Waals surface area contributed by atoms with Crippen molar-refractivity contribution in [3.05, 3.63) is 39.3 Å². The predicted octanol–water partition coefficient (Wildman–Crippen LogP) is 2.06. The Morgan fingerprint density at radius 2 is 2.25 bits per heavy atom. The molecule has 3 aromatic rings. The van der Waals surface area contributed by atoms with Gasteiger partial charge in [0, 0.05) is 23.9 Å². The van der Waals surface area contributed by atoms with Gasteiger partial charge in [-0.3, -0.25) is 14.5 Å². The van der Waals surface area contributed by atoms with Crippen LogP contribution in [0.2, 0.25) is 0 Å². The summed E-state index contributed by atoms with van der Waals surface area (Å²) in [7, 11) is 0. The van der Waals surface area contributed by atoms with Gasteiger partial charge in [-0.2, -0.15) is 15.5 Å². The first-order chi connectivity index (χ1) is 13.5. The Labute approximate surface area is 166 Å². The van der Waals surface area contributed by atoms with Crippen LogP contribution in [0.1, 0.15) is 53.6 Å². The molecule has 1 aliphatic rings. The second kappa shape index (κ2) is 7.16. The summed E-state index contributed by atoms with van der Waals surface area (Å²) in [5, 5.41) is 23.3. The van der Waals surface area contributed by atoms with Crippen molar-refractivity contribution in [2.75, 3.05) is 0 Å². The van der Waals surface area contributed by atoms with Crippen molar-refractivity contribution >= 4 is 23.8 Å². The van der Waals surface area contributed by atoms with E-state index in [9.17, 15) is 4.79 Å². The van der Waals surface area contributed by atoms with E-state index in [1.807, 2.05) is 18.4 Å². The highest BCUT2D eigenvalue weighted by atomic mass is 32.1. The molecule has 9 nitrogen and oxygen atoms in total. The maximum absolute atomic E-state index is 12.4. The Balaban J connectivity index is 1.43. The highest BCUT2D eigenvalue weighted by Gasteiger charge is 2.27. The van der Waals surface area contributed by atoms with Crippen LogP contribution in [-0.2, 0) is 17.8 Å². The monoisotopic (exact) mass is 396 g/mol. The first kappa shape index (κ1) is 18.3. The van der Waals surface area contributed by atoms with Crippen LogP contribution in [-0.4, -0.2) is 35.3 Å². The van der Waals surface area contributed by atoms with Crippen molar-refractivity contribution in [1.29, 1.82) is 5.26 Å². The van der Waals surface area contributed by atoms with Gasteiger partial charge in [-0.25, -0.2) is 9.50 Å². The third-order valence-corrected chi connectivity index (χ3v) is 5.35. The molecule has 1 saturated carbocycles. The maximum Gasteiger partial charge on any atom is 0.220 e. The van der Waals surface area contributed by atoms with Crippen LogP contribution in [0.3, 0.4) is 0 Å². The number of hydrogen-bond acceptors (Lipinski definition) is 6. The van der Waals surface area contributed by atoms with Crippen molar-refractivity contribution in [3.8, 4) is 6.07 Å². The molecule has 28 heavy (non-hydrogen) atoms. The lowest BCUT2D eigenvalue weighted by molar-refractivity contribution is -0.121. The lowest BCUT2D eigenvalue weighted by atomic mass is 10.1. The van der Waals surface area contributed by atoms with Gasteiger partial charge in [0.05, 0.1) is 12.7 Å². The van der Waals surface area contributed by atoms with Gasteiger partial charge >= 0.3 is 0 Å². The van der Waals surface area contributed by atoms with E-state index in [0.717, 1.165) is 35.6 Å². The topological polar surface area (TPSA) is 117 Å². The number of H-pyrrole nitrogens is 1. The van der Waals surface area contributed by atoms with Crippen molar-refractivity contribution in [2.45, 2.75) is 52.1 Å². The molecule has 1 fully saturated rings. The van der Waals surface area contributed by atoms with Gasteiger partial charge in [-0.05, 0) is 50.9 Å². The second-order valence-electron chi connectivity index (χ2n) is 6.99. The molecular weight excluding hydrogens is 376 g/mol. The van der Waals surface area contributed by atoms with Crippen molar-refractivity contribution < 1.29 is 4.79 Å². The smallest absolute Gasteiger partial charge is 0.220 e. The highest BCUT2D eigenvalue weighted by Crippen LogP contribution is 2.35. The van der Waals surface area contributed by atoms with E-state index >= 15 is 0 Å². The average Bonchev–Trinajstić information content (AvgIpc) is 3.31. The zero-order valence-electron chi connectivity index (χ0n) is 15.7. The molecule has 0 radical (unpaired) electrons. The summed E-state index contributed by atoms with van der Waals surface area (Å²) in [5.74, 6) is 0.699. The number of aromatic amines is 1. The molecule has 144 valence electrons. The fourth-order valence-corrected chi connectivity index (χ4v) is 3.73. The Morgan fingerprint density at radius 1 is 1.46 bits per heavy atom. The SMILES string of the molecule is Cc1nc2c(C#N)cnn2c(C)c1CCC(=O)NCc1n[nH]c(=S)n1C1CC1. The maximum atomic E-state index is 12.4. The molecule has 1 amide bonds. The van der Waals surface area contributed by atoms with Gasteiger partial charge < -0.3 is 5.32 Å². The Morgan fingerprint density at radius 3 is 2.96 bits per heavy atom. The third-order valence-electron chi connectivity index (χ3n) is 5.06. The minimum atomic E-state index is -0.0617. The summed E-state index contributed by atoms with van der Waals surface area (Å²) in [6.45, 7) is 4.17. The zero-order valence-corrected chi connectivity index (χ0v) is 16.5. The van der Waals surface area contributed by atoms with Gasteiger partial charge in [0.2, 0.25) is 5.91 Å². The summed E-state index contributed by atoms with van der Waals surface area (Å²) in [5.41, 5.74) is 3.67. The summed E-state index contributed by atoms with van der Waals surface area (Å²) in [6, 6.07) is 2.51. The first-order valence-corrected chi connectivity index (χ1v) is 9.56. The third kappa shape index (κ3) is 3.29. The number of nitrogens with zero attached hydrogens (tertiary/aromatic N) is 6. The van der Waals surface area contributed by atoms with E-state index in [4.69, 9.17) is 17.5 Å². The normalized spacial score (nSPS) is 13.6. The van der Waals surface area contributed by atoms with E-state index in [2.05, 4.69) is 31.7 Å². The minimum absolute atomic E-state index is 0.0617. The van der Waals surface area contributed by atoms with Crippen LogP contribution in [0.15, 0.2) is 6.20 Å². The van der Waals surface area contributed by atoms with Gasteiger partial charge in [-0.15, -0.1) is 0 Å². The van der Waals surface area contributed by atoms with E-state index in [1.165, 1.54) is 6.20 Å². The molecule has 0 spiro atoms. The molecule has 0 aliphatic heterocycles. The molecular formula is C18H20N8OS. The van der Waals surface area contributed by atoms with Crippen LogP contribution in [0.25, 0.3) is 5.65 Å². The molecule has 3 aromatic heterocycles. The number of amides is 1. The van der Waals surface area contributed by atoms with E-state index in [-0.39, 0.29) is 5.91 Å². The number of carbonyl (C=O) groups is 1. The molecule has 0 unspecified atom stereocenters. The number of rotatable bonds is 6. The Hall–Kier alpha value is -3.06. The molecule has 4 rings (SSSR count). The fourth-order valence-electron chi connectivity index (χ4n) is 3.43. The fraction of sp³-hybridized carbons (Fsp3) is 0.444. The zero-order chi connectivity index (χ0) is 19.8. The largest absolute Gasteiger partial charge is 0.349 e. The number of aromatic nitrogens is 6. The second-order valence-corrected chi connectivity index (χ2v) is 7.38.